The van der Waals surface area contributed by atoms with Crippen molar-refractivity contribution in [3.63, 3.8) is 0 Å². The molecule has 0 aliphatic carbocycles. The third-order valence-corrected chi connectivity index (χ3v) is 2.26. The van der Waals surface area contributed by atoms with E-state index in [0.29, 0.717) is 5.39 Å². The van der Waals surface area contributed by atoms with E-state index in [0.717, 1.165) is 5.39 Å². The molecule has 2 rings (SSSR count). The number of carbonyl (C=O) groups excluding carboxylic acids is 1. The third-order valence-electron chi connectivity index (χ3n) is 2.26. The van der Waals surface area contributed by atoms with Crippen LogP contribution >= 0.6 is 0 Å². The van der Waals surface area contributed by atoms with Gasteiger partial charge in [-0.3, -0.25) is 4.79 Å². The summed E-state index contributed by atoms with van der Waals surface area (Å²) in [6, 6.07) is 10.2. The molecule has 2 aromatic carbocycles. The van der Waals surface area contributed by atoms with Crippen LogP contribution in [0.15, 0.2) is 36.4 Å². The summed E-state index contributed by atoms with van der Waals surface area (Å²) in [5, 5.41) is 10.3. The van der Waals surface area contributed by atoms with E-state index < -0.39 is 5.97 Å². The predicted octanol–water partition coefficient (Wildman–Crippen LogP) is 2.00. The molecule has 0 heterocycles. The molecule has 0 saturated carbocycles. The van der Waals surface area contributed by atoms with Crippen LogP contribution in [-0.2, 0) is 4.79 Å². The lowest BCUT2D eigenvalue weighted by Crippen LogP contribution is -2.02. The second-order valence-electron chi connectivity index (χ2n) is 3.12. The van der Waals surface area contributed by atoms with E-state index in [4.69, 9.17) is 5.11 Å². The number of benzene rings is 2. The highest BCUT2D eigenvalue weighted by Gasteiger charge is 2.12. The summed E-state index contributed by atoms with van der Waals surface area (Å²) >= 11 is 0. The molecule has 0 spiro atoms. The highest BCUT2D eigenvalue weighted by molar-refractivity contribution is 6.07. The highest BCUT2D eigenvalue weighted by atomic mass is 16.4. The maximum atomic E-state index is 10.8. The van der Waals surface area contributed by atoms with E-state index in [1.54, 1.807) is 24.5 Å². The Morgan fingerprint density at radius 2 is 1.87 bits per heavy atom. The second kappa shape index (κ2) is 3.53. The SMILES string of the molecule is O=[C]c1c(C(=O)O)ccc2ccccc12. The van der Waals surface area contributed by atoms with Crippen molar-refractivity contribution < 1.29 is 14.7 Å². The summed E-state index contributed by atoms with van der Waals surface area (Å²) in [4.78, 5) is 21.6. The van der Waals surface area contributed by atoms with Crippen molar-refractivity contribution in [1.82, 2.24) is 0 Å². The molecule has 0 unspecified atom stereocenters. The lowest BCUT2D eigenvalue weighted by Gasteiger charge is -2.03. The van der Waals surface area contributed by atoms with Gasteiger partial charge < -0.3 is 5.11 Å². The summed E-state index contributed by atoms with van der Waals surface area (Å²) in [6.07, 6.45) is 1.69. The van der Waals surface area contributed by atoms with E-state index >= 15 is 0 Å². The number of fused-ring (bicyclic) bond motifs is 1. The van der Waals surface area contributed by atoms with Crippen LogP contribution in [0.1, 0.15) is 15.9 Å². The minimum absolute atomic E-state index is 0.0105. The van der Waals surface area contributed by atoms with Crippen LogP contribution in [0.25, 0.3) is 10.8 Å². The van der Waals surface area contributed by atoms with Crippen molar-refractivity contribution >= 4 is 23.0 Å². The Hall–Kier alpha value is -2.16. The van der Waals surface area contributed by atoms with E-state index in [1.165, 1.54) is 6.07 Å². The number of rotatable bonds is 2. The average Bonchev–Trinajstić information content (AvgIpc) is 2.27. The molecule has 0 fully saturated rings. The van der Waals surface area contributed by atoms with Crippen molar-refractivity contribution in [2.75, 3.05) is 0 Å². The van der Waals surface area contributed by atoms with Crippen molar-refractivity contribution in [2.45, 2.75) is 0 Å². The van der Waals surface area contributed by atoms with Crippen LogP contribution in [0.5, 0.6) is 0 Å². The summed E-state index contributed by atoms with van der Waals surface area (Å²) in [5.41, 5.74) is 0.101. The van der Waals surface area contributed by atoms with Crippen LogP contribution < -0.4 is 0 Å². The van der Waals surface area contributed by atoms with Gasteiger partial charge in [0.25, 0.3) is 0 Å². The maximum Gasteiger partial charge on any atom is 0.336 e. The lowest BCUT2D eigenvalue weighted by molar-refractivity contribution is 0.0697. The van der Waals surface area contributed by atoms with Gasteiger partial charge in [0.2, 0.25) is 6.29 Å². The zero-order valence-corrected chi connectivity index (χ0v) is 7.73. The van der Waals surface area contributed by atoms with Crippen molar-refractivity contribution in [2.24, 2.45) is 0 Å². The molecule has 73 valence electrons. The summed E-state index contributed by atoms with van der Waals surface area (Å²) in [7, 11) is 0. The molecule has 0 aliphatic rings. The molecule has 0 bridgehead atoms. The standard InChI is InChI=1S/C12H7O3/c13-7-11-9-4-2-1-3-8(9)5-6-10(11)12(14)15/h1-6H,(H,14,15). The van der Waals surface area contributed by atoms with E-state index in [1.807, 2.05) is 12.1 Å². The summed E-state index contributed by atoms with van der Waals surface area (Å²) < 4.78 is 0. The summed E-state index contributed by atoms with van der Waals surface area (Å²) in [5.74, 6) is -1.11. The van der Waals surface area contributed by atoms with Gasteiger partial charge >= 0.3 is 5.97 Å². The number of carbonyl (C=O) groups is 1. The quantitative estimate of drug-likeness (QED) is 0.804. The highest BCUT2D eigenvalue weighted by Crippen LogP contribution is 2.20. The van der Waals surface area contributed by atoms with Gasteiger partial charge in [-0.25, -0.2) is 4.79 Å². The largest absolute Gasteiger partial charge is 0.478 e. The lowest BCUT2D eigenvalue weighted by atomic mass is 10.00. The monoisotopic (exact) mass is 199 g/mol. The minimum atomic E-state index is -1.11. The Balaban J connectivity index is 2.87. The van der Waals surface area contributed by atoms with Crippen LogP contribution in [0.2, 0.25) is 0 Å². The first-order chi connectivity index (χ1) is 7.24. The first kappa shape index (κ1) is 9.40. The number of aromatic carboxylic acids is 1. The predicted molar refractivity (Wildman–Crippen MR) is 55.7 cm³/mol. The fraction of sp³-hybridized carbons (Fsp3) is 0. The fourth-order valence-corrected chi connectivity index (χ4v) is 1.56. The topological polar surface area (TPSA) is 54.4 Å². The maximum absolute atomic E-state index is 10.8. The second-order valence-corrected chi connectivity index (χ2v) is 3.12. The van der Waals surface area contributed by atoms with E-state index in [9.17, 15) is 9.59 Å². The Morgan fingerprint density at radius 1 is 1.13 bits per heavy atom. The normalized spacial score (nSPS) is 10.1. The Labute approximate surface area is 86.0 Å². The van der Waals surface area contributed by atoms with E-state index in [-0.39, 0.29) is 11.1 Å². The zero-order valence-electron chi connectivity index (χ0n) is 7.73. The van der Waals surface area contributed by atoms with Gasteiger partial charge in [-0.05, 0) is 16.8 Å². The first-order valence-electron chi connectivity index (χ1n) is 4.37. The first-order valence-corrected chi connectivity index (χ1v) is 4.37. The molecule has 1 radical (unpaired) electrons. The molecular weight excluding hydrogens is 192 g/mol. The minimum Gasteiger partial charge on any atom is -0.478 e. The van der Waals surface area contributed by atoms with Crippen molar-refractivity contribution in [3.05, 3.63) is 47.5 Å². The van der Waals surface area contributed by atoms with Gasteiger partial charge in [-0.2, -0.15) is 0 Å². The Morgan fingerprint density at radius 3 is 2.53 bits per heavy atom. The molecule has 1 N–H and O–H groups in total. The van der Waals surface area contributed by atoms with Crippen molar-refractivity contribution in [1.29, 1.82) is 0 Å². The molecule has 3 heteroatoms. The molecule has 0 aromatic heterocycles. The molecule has 15 heavy (non-hydrogen) atoms. The van der Waals surface area contributed by atoms with Gasteiger partial charge in [-0.15, -0.1) is 0 Å². The van der Waals surface area contributed by atoms with Gasteiger partial charge in [0.15, 0.2) is 0 Å². The molecule has 0 aliphatic heterocycles. The van der Waals surface area contributed by atoms with Gasteiger partial charge in [0, 0.05) is 5.56 Å². The van der Waals surface area contributed by atoms with Crippen LogP contribution in [0, 0.1) is 0 Å². The van der Waals surface area contributed by atoms with Crippen LogP contribution in [0.4, 0.5) is 0 Å². The molecule has 3 nitrogen and oxygen atoms in total. The Bertz CT molecular complexity index is 544. The molecule has 0 saturated heterocycles. The van der Waals surface area contributed by atoms with E-state index in [2.05, 4.69) is 0 Å². The Kier molecular flexibility index (Phi) is 2.21. The number of hydrogen-bond donors (Lipinski definition) is 1. The van der Waals surface area contributed by atoms with Gasteiger partial charge in [-0.1, -0.05) is 30.3 Å². The van der Waals surface area contributed by atoms with Crippen LogP contribution in [-0.4, -0.2) is 17.4 Å². The molecule has 0 atom stereocenters. The molecule has 0 amide bonds. The molecular formula is C12H7O3. The molecule has 2 aromatic rings. The zero-order chi connectivity index (χ0) is 10.8. The average molecular weight is 199 g/mol. The summed E-state index contributed by atoms with van der Waals surface area (Å²) in [6.45, 7) is 0. The number of carboxylic acids is 1. The fourth-order valence-electron chi connectivity index (χ4n) is 1.56. The van der Waals surface area contributed by atoms with Crippen LogP contribution in [0.3, 0.4) is 0 Å². The third kappa shape index (κ3) is 1.48. The smallest absolute Gasteiger partial charge is 0.336 e. The van der Waals surface area contributed by atoms with Gasteiger partial charge in [0.05, 0.1) is 5.56 Å². The van der Waals surface area contributed by atoms with Crippen molar-refractivity contribution in [3.8, 4) is 0 Å². The number of hydrogen-bond acceptors (Lipinski definition) is 2. The number of carboxylic acid groups (broad SMARTS) is 1. The van der Waals surface area contributed by atoms with Gasteiger partial charge in [0.1, 0.15) is 0 Å².